The zero-order valence-corrected chi connectivity index (χ0v) is 19.0. The highest BCUT2D eigenvalue weighted by Gasteiger charge is 2.40. The van der Waals surface area contributed by atoms with Gasteiger partial charge >= 0.3 is 0 Å². The third-order valence-corrected chi connectivity index (χ3v) is 6.27. The van der Waals surface area contributed by atoms with Gasteiger partial charge < -0.3 is 20.6 Å². The summed E-state index contributed by atoms with van der Waals surface area (Å²) in [6.45, 7) is 4.60. The van der Waals surface area contributed by atoms with E-state index in [9.17, 15) is 14.3 Å². The molecule has 1 fully saturated rings. The van der Waals surface area contributed by atoms with Crippen LogP contribution in [-0.4, -0.2) is 54.9 Å². The molecule has 1 saturated heterocycles. The van der Waals surface area contributed by atoms with Crippen molar-refractivity contribution >= 4 is 29.2 Å². The number of carbonyl (C=O) groups is 1. The van der Waals surface area contributed by atoms with Gasteiger partial charge in [0.1, 0.15) is 11.9 Å². The number of halogens is 1. The van der Waals surface area contributed by atoms with Crippen molar-refractivity contribution in [1.29, 1.82) is 0 Å². The third-order valence-electron chi connectivity index (χ3n) is 6.27. The van der Waals surface area contributed by atoms with Crippen LogP contribution >= 0.6 is 0 Å². The van der Waals surface area contributed by atoms with E-state index in [2.05, 4.69) is 39.7 Å². The van der Waals surface area contributed by atoms with Crippen molar-refractivity contribution in [3.63, 3.8) is 0 Å². The predicted octanol–water partition coefficient (Wildman–Crippen LogP) is 2.67. The summed E-state index contributed by atoms with van der Waals surface area (Å²) in [5, 5.41) is 24.0. The molecular weight excluding hydrogens is 439 g/mol. The lowest BCUT2D eigenvalue weighted by Crippen LogP contribution is -2.46. The molecule has 0 spiro atoms. The summed E-state index contributed by atoms with van der Waals surface area (Å²) >= 11 is 0. The summed E-state index contributed by atoms with van der Waals surface area (Å²) in [5.41, 5.74) is 3.36. The van der Waals surface area contributed by atoms with E-state index in [1.807, 2.05) is 6.07 Å². The number of aliphatic hydroxyl groups excluding tert-OH is 1. The Morgan fingerprint density at radius 1 is 1.29 bits per heavy atom. The number of amides is 1. The monoisotopic (exact) mass is 466 g/mol. The summed E-state index contributed by atoms with van der Waals surface area (Å²) in [7, 11) is 0. The number of nitrogens with one attached hydrogen (secondary N) is 3. The standard InChI is InChI=1S/C23H27FN8O2/c1-12(2)16-10-19(31-30-16)28-21-14-4-3-5-15(14)27-23(29-21)32-9-8-17(33)20(32)22(34)26-13-6-7-18(24)25-11-13/h6-7,10-12,17,20,33H,3-5,8-9H2,1-2H3,(H,26,34)(H2,27,28,29,30,31)/t17?,20-/m1/s1. The van der Waals surface area contributed by atoms with Gasteiger partial charge in [-0.3, -0.25) is 9.89 Å². The Hall–Kier alpha value is -3.60. The maximum absolute atomic E-state index is 13.1. The lowest BCUT2D eigenvalue weighted by Gasteiger charge is -2.26. The maximum atomic E-state index is 13.1. The molecule has 1 unspecified atom stereocenters. The van der Waals surface area contributed by atoms with E-state index in [-0.39, 0.29) is 0 Å². The Balaban J connectivity index is 1.43. The van der Waals surface area contributed by atoms with Crippen LogP contribution in [0.4, 0.5) is 27.7 Å². The highest BCUT2D eigenvalue weighted by atomic mass is 19.1. The number of hydrogen-bond acceptors (Lipinski definition) is 8. The summed E-state index contributed by atoms with van der Waals surface area (Å²) in [4.78, 5) is 27.8. The average molecular weight is 467 g/mol. The predicted molar refractivity (Wildman–Crippen MR) is 125 cm³/mol. The number of pyridine rings is 1. The van der Waals surface area contributed by atoms with Crippen LogP contribution in [-0.2, 0) is 17.6 Å². The highest BCUT2D eigenvalue weighted by Crippen LogP contribution is 2.33. The molecule has 1 aliphatic carbocycles. The van der Waals surface area contributed by atoms with Gasteiger partial charge in [-0.05, 0) is 43.7 Å². The van der Waals surface area contributed by atoms with Crippen molar-refractivity contribution in [1.82, 2.24) is 25.1 Å². The normalized spacial score (nSPS) is 19.5. The second kappa shape index (κ2) is 8.98. The van der Waals surface area contributed by atoms with Gasteiger partial charge in [0.2, 0.25) is 17.8 Å². The molecule has 3 aromatic heterocycles. The first kappa shape index (κ1) is 22.2. The highest BCUT2D eigenvalue weighted by molar-refractivity contribution is 5.97. The van der Waals surface area contributed by atoms with E-state index < -0.39 is 24.0 Å². The van der Waals surface area contributed by atoms with Gasteiger partial charge in [-0.25, -0.2) is 9.97 Å². The van der Waals surface area contributed by atoms with E-state index in [0.717, 1.165) is 36.2 Å². The number of aromatic nitrogens is 5. The van der Waals surface area contributed by atoms with Crippen molar-refractivity contribution in [3.05, 3.63) is 47.3 Å². The summed E-state index contributed by atoms with van der Waals surface area (Å²) in [5.74, 6) is 0.980. The van der Waals surface area contributed by atoms with Crippen LogP contribution in [0.3, 0.4) is 0 Å². The zero-order valence-electron chi connectivity index (χ0n) is 19.0. The second-order valence-electron chi connectivity index (χ2n) is 8.99. The molecule has 1 amide bonds. The van der Waals surface area contributed by atoms with Crippen LogP contribution in [0.1, 0.15) is 49.6 Å². The Bertz CT molecular complexity index is 1200. The zero-order chi connectivity index (χ0) is 23.8. The van der Waals surface area contributed by atoms with Gasteiger partial charge in [0.25, 0.3) is 0 Å². The minimum atomic E-state index is -0.887. The topological polar surface area (TPSA) is 132 Å². The summed E-state index contributed by atoms with van der Waals surface area (Å²) in [6.07, 6.45) is 3.42. The van der Waals surface area contributed by atoms with Crippen LogP contribution in [0.5, 0.6) is 0 Å². The first-order chi connectivity index (χ1) is 16.4. The smallest absolute Gasteiger partial charge is 0.249 e. The molecule has 10 nitrogen and oxygen atoms in total. The molecule has 5 rings (SSSR count). The SMILES string of the molecule is CC(C)c1cc(Nc2nc(N3CCC(O)[C@@H]3C(=O)Nc3ccc(F)nc3)nc3c2CCC3)n[nH]1. The molecule has 1 aliphatic heterocycles. The van der Waals surface area contributed by atoms with E-state index in [1.165, 1.54) is 18.3 Å². The van der Waals surface area contributed by atoms with E-state index in [4.69, 9.17) is 9.97 Å². The molecule has 4 heterocycles. The molecule has 0 saturated carbocycles. The number of rotatable bonds is 6. The molecule has 0 radical (unpaired) electrons. The minimum Gasteiger partial charge on any atom is -0.390 e. The summed E-state index contributed by atoms with van der Waals surface area (Å²) in [6, 6.07) is 3.67. The van der Waals surface area contributed by atoms with Crippen molar-refractivity contribution in [2.75, 3.05) is 22.1 Å². The minimum absolute atomic E-state index is 0.316. The van der Waals surface area contributed by atoms with Crippen molar-refractivity contribution < 1.29 is 14.3 Å². The fourth-order valence-corrected chi connectivity index (χ4v) is 4.45. The summed E-state index contributed by atoms with van der Waals surface area (Å²) < 4.78 is 13.1. The number of H-pyrrole nitrogens is 1. The lowest BCUT2D eigenvalue weighted by atomic mass is 10.1. The van der Waals surface area contributed by atoms with E-state index in [1.54, 1.807) is 4.90 Å². The molecule has 0 bridgehead atoms. The number of carbonyl (C=O) groups excluding carboxylic acids is 1. The van der Waals surface area contributed by atoms with Gasteiger partial charge in [0, 0.05) is 23.9 Å². The third kappa shape index (κ3) is 4.30. The molecule has 4 N–H and O–H groups in total. The van der Waals surface area contributed by atoms with Gasteiger partial charge in [0.05, 0.1) is 23.7 Å². The Morgan fingerprint density at radius 2 is 2.15 bits per heavy atom. The first-order valence-electron chi connectivity index (χ1n) is 11.5. The molecular formula is C23H27FN8O2. The number of aromatic amines is 1. The fraction of sp³-hybridized carbons (Fsp3) is 0.435. The lowest BCUT2D eigenvalue weighted by molar-refractivity contribution is -0.119. The maximum Gasteiger partial charge on any atom is 0.249 e. The van der Waals surface area contributed by atoms with Gasteiger partial charge in [-0.1, -0.05) is 13.8 Å². The molecule has 3 aromatic rings. The van der Waals surface area contributed by atoms with Gasteiger partial charge in [-0.15, -0.1) is 0 Å². The quantitative estimate of drug-likeness (QED) is 0.408. The molecule has 2 aliphatic rings. The number of aliphatic hydroxyl groups is 1. The van der Waals surface area contributed by atoms with Crippen molar-refractivity contribution in [2.24, 2.45) is 0 Å². The molecule has 0 aromatic carbocycles. The first-order valence-corrected chi connectivity index (χ1v) is 11.5. The van der Waals surface area contributed by atoms with Crippen LogP contribution in [0.2, 0.25) is 0 Å². The second-order valence-corrected chi connectivity index (χ2v) is 8.99. The largest absolute Gasteiger partial charge is 0.390 e. The van der Waals surface area contributed by atoms with Gasteiger partial charge in [0.15, 0.2) is 5.82 Å². The van der Waals surface area contributed by atoms with Crippen LogP contribution in [0.25, 0.3) is 0 Å². The fourth-order valence-electron chi connectivity index (χ4n) is 4.45. The Morgan fingerprint density at radius 3 is 2.88 bits per heavy atom. The number of fused-ring (bicyclic) bond motifs is 1. The van der Waals surface area contributed by atoms with Crippen molar-refractivity contribution in [3.8, 4) is 0 Å². The molecule has 34 heavy (non-hydrogen) atoms. The van der Waals surface area contributed by atoms with E-state index in [0.29, 0.717) is 42.2 Å². The van der Waals surface area contributed by atoms with E-state index >= 15 is 0 Å². The van der Waals surface area contributed by atoms with Crippen molar-refractivity contribution in [2.45, 2.75) is 57.6 Å². The number of anilines is 4. The van der Waals surface area contributed by atoms with Crippen LogP contribution in [0.15, 0.2) is 24.4 Å². The van der Waals surface area contributed by atoms with Crippen LogP contribution < -0.4 is 15.5 Å². The number of hydrogen-bond donors (Lipinski definition) is 4. The number of aryl methyl sites for hydroxylation is 1. The molecule has 2 atom stereocenters. The number of nitrogens with zero attached hydrogens (tertiary/aromatic N) is 5. The van der Waals surface area contributed by atoms with Crippen LogP contribution in [0, 0.1) is 5.95 Å². The molecule has 11 heteroatoms. The Kier molecular flexibility index (Phi) is 5.86. The van der Waals surface area contributed by atoms with Gasteiger partial charge in [-0.2, -0.15) is 14.5 Å². The Labute approximate surface area is 196 Å². The average Bonchev–Trinajstić information content (AvgIpc) is 3.54. The molecule has 178 valence electrons.